The monoisotopic (exact) mass is 258 g/mol. The van der Waals surface area contributed by atoms with Crippen molar-refractivity contribution in [2.45, 2.75) is 45.1 Å². The number of rotatable bonds is 4. The van der Waals surface area contributed by atoms with E-state index in [1.807, 2.05) is 0 Å². The first-order chi connectivity index (χ1) is 9.28. The molecule has 19 heavy (non-hydrogen) atoms. The van der Waals surface area contributed by atoms with Gasteiger partial charge < -0.3 is 10.6 Å². The summed E-state index contributed by atoms with van der Waals surface area (Å²) in [4.78, 5) is 11.6. The Morgan fingerprint density at radius 3 is 2.95 bits per heavy atom. The van der Waals surface area contributed by atoms with Crippen molar-refractivity contribution in [3.63, 3.8) is 0 Å². The van der Waals surface area contributed by atoms with E-state index in [1.165, 1.54) is 24.0 Å². The average molecular weight is 258 g/mol. The summed E-state index contributed by atoms with van der Waals surface area (Å²) in [6, 6.07) is 7.05. The minimum Gasteiger partial charge on any atom is -0.326 e. The number of anilines is 1. The second-order valence-corrected chi connectivity index (χ2v) is 5.69. The van der Waals surface area contributed by atoms with Crippen LogP contribution in [0.2, 0.25) is 0 Å². The highest BCUT2D eigenvalue weighted by Gasteiger charge is 2.32. The highest BCUT2D eigenvalue weighted by molar-refractivity contribution is 5.92. The molecule has 0 bridgehead atoms. The van der Waals surface area contributed by atoms with Crippen LogP contribution in [0.4, 0.5) is 5.69 Å². The first kappa shape index (κ1) is 12.7. The van der Waals surface area contributed by atoms with E-state index in [2.05, 4.69) is 35.8 Å². The van der Waals surface area contributed by atoms with Crippen LogP contribution in [0.5, 0.6) is 0 Å². The lowest BCUT2D eigenvalue weighted by Gasteiger charge is -2.19. The molecule has 1 aromatic rings. The summed E-state index contributed by atoms with van der Waals surface area (Å²) in [6.07, 6.45) is 5.28. The molecule has 1 atom stereocenters. The fraction of sp³-hybridized carbons (Fsp3) is 0.562. The summed E-state index contributed by atoms with van der Waals surface area (Å²) in [5.74, 6) is 0.954. The van der Waals surface area contributed by atoms with Crippen LogP contribution in [0, 0.1) is 5.92 Å². The molecule has 1 aliphatic carbocycles. The molecule has 3 rings (SSSR count). The van der Waals surface area contributed by atoms with E-state index in [1.54, 1.807) is 0 Å². The Labute approximate surface area is 114 Å². The van der Waals surface area contributed by atoms with Crippen molar-refractivity contribution in [1.82, 2.24) is 5.32 Å². The number of aryl methyl sites for hydroxylation is 1. The Balaban J connectivity index is 1.87. The lowest BCUT2D eigenvalue weighted by atomic mass is 9.97. The van der Waals surface area contributed by atoms with Gasteiger partial charge >= 0.3 is 0 Å². The van der Waals surface area contributed by atoms with Gasteiger partial charge in [0, 0.05) is 18.2 Å². The number of carbonyl (C=O) groups is 1. The zero-order chi connectivity index (χ0) is 13.2. The Kier molecular flexibility index (Phi) is 3.56. The first-order valence-corrected chi connectivity index (χ1v) is 7.44. The Bertz CT molecular complexity index is 480. The molecular weight excluding hydrogens is 236 g/mol. The molecule has 1 heterocycles. The molecule has 0 saturated heterocycles. The summed E-state index contributed by atoms with van der Waals surface area (Å²) in [5.41, 5.74) is 3.70. The minimum atomic E-state index is 0.150. The van der Waals surface area contributed by atoms with Gasteiger partial charge in [0.05, 0.1) is 0 Å². The Morgan fingerprint density at radius 2 is 2.21 bits per heavy atom. The molecule has 1 fully saturated rings. The summed E-state index contributed by atoms with van der Waals surface area (Å²) < 4.78 is 0. The van der Waals surface area contributed by atoms with E-state index in [0.29, 0.717) is 12.5 Å². The molecule has 2 N–H and O–H groups in total. The molecule has 0 spiro atoms. The van der Waals surface area contributed by atoms with Gasteiger partial charge in [-0.05, 0) is 55.3 Å². The van der Waals surface area contributed by atoms with Crippen molar-refractivity contribution in [1.29, 1.82) is 0 Å². The largest absolute Gasteiger partial charge is 0.326 e. The van der Waals surface area contributed by atoms with Gasteiger partial charge in [-0.1, -0.05) is 19.1 Å². The van der Waals surface area contributed by atoms with E-state index in [-0.39, 0.29) is 5.91 Å². The second kappa shape index (κ2) is 5.33. The van der Waals surface area contributed by atoms with Gasteiger partial charge in [0.2, 0.25) is 5.91 Å². The summed E-state index contributed by atoms with van der Waals surface area (Å²) >= 11 is 0. The lowest BCUT2D eigenvalue weighted by Crippen LogP contribution is -2.22. The molecule has 3 nitrogen and oxygen atoms in total. The maximum absolute atomic E-state index is 11.6. The van der Waals surface area contributed by atoms with Crippen LogP contribution in [0.15, 0.2) is 18.2 Å². The topological polar surface area (TPSA) is 41.1 Å². The van der Waals surface area contributed by atoms with Gasteiger partial charge in [0.25, 0.3) is 0 Å². The van der Waals surface area contributed by atoms with Crippen molar-refractivity contribution in [3.05, 3.63) is 29.3 Å². The Morgan fingerprint density at radius 1 is 1.37 bits per heavy atom. The standard InChI is InChI=1S/C16H22N2O/c1-2-17-16(11-6-7-11)13-8-9-14-12(10-13)4-3-5-15(19)18-14/h8-11,16-17H,2-7H2,1H3,(H,18,19). The number of fused-ring (bicyclic) bond motifs is 1. The zero-order valence-electron chi connectivity index (χ0n) is 11.5. The molecule has 3 heteroatoms. The molecule has 1 unspecified atom stereocenters. The third kappa shape index (κ3) is 2.81. The molecule has 1 aliphatic heterocycles. The third-order valence-corrected chi connectivity index (χ3v) is 4.13. The van der Waals surface area contributed by atoms with Crippen LogP contribution >= 0.6 is 0 Å². The van der Waals surface area contributed by atoms with E-state index in [0.717, 1.165) is 31.0 Å². The van der Waals surface area contributed by atoms with Gasteiger partial charge in [-0.15, -0.1) is 0 Å². The first-order valence-electron chi connectivity index (χ1n) is 7.44. The number of carbonyl (C=O) groups excluding carboxylic acids is 1. The van der Waals surface area contributed by atoms with Crippen molar-refractivity contribution in [2.75, 3.05) is 11.9 Å². The predicted octanol–water partition coefficient (Wildman–Crippen LogP) is 3.02. The van der Waals surface area contributed by atoms with Gasteiger partial charge in [-0.2, -0.15) is 0 Å². The van der Waals surface area contributed by atoms with Crippen molar-refractivity contribution >= 4 is 11.6 Å². The van der Waals surface area contributed by atoms with Gasteiger partial charge in [0.15, 0.2) is 0 Å². The van der Waals surface area contributed by atoms with Crippen LogP contribution in [-0.4, -0.2) is 12.5 Å². The molecule has 0 aromatic heterocycles. The average Bonchev–Trinajstić information content (AvgIpc) is 3.22. The van der Waals surface area contributed by atoms with Gasteiger partial charge in [0.1, 0.15) is 0 Å². The van der Waals surface area contributed by atoms with Crippen LogP contribution in [-0.2, 0) is 11.2 Å². The van der Waals surface area contributed by atoms with Crippen molar-refractivity contribution in [2.24, 2.45) is 5.92 Å². The molecule has 1 aromatic carbocycles. The highest BCUT2D eigenvalue weighted by Crippen LogP contribution is 2.41. The van der Waals surface area contributed by atoms with Crippen molar-refractivity contribution < 1.29 is 4.79 Å². The predicted molar refractivity (Wildman–Crippen MR) is 77.2 cm³/mol. The number of nitrogens with one attached hydrogen (secondary N) is 2. The SMILES string of the molecule is CCNC(c1ccc2c(c1)CCCC(=O)N2)C1CC1. The molecule has 0 radical (unpaired) electrons. The fourth-order valence-corrected chi connectivity index (χ4v) is 2.99. The highest BCUT2D eigenvalue weighted by atomic mass is 16.1. The summed E-state index contributed by atoms with van der Waals surface area (Å²) in [6.45, 7) is 3.17. The molecular formula is C16H22N2O. The van der Waals surface area contributed by atoms with E-state index in [9.17, 15) is 4.79 Å². The van der Waals surface area contributed by atoms with Crippen LogP contribution < -0.4 is 10.6 Å². The molecule has 2 aliphatic rings. The molecule has 1 saturated carbocycles. The quantitative estimate of drug-likeness (QED) is 0.871. The van der Waals surface area contributed by atoms with E-state index < -0.39 is 0 Å². The normalized spacial score (nSPS) is 20.4. The molecule has 102 valence electrons. The number of hydrogen-bond acceptors (Lipinski definition) is 2. The lowest BCUT2D eigenvalue weighted by molar-refractivity contribution is -0.116. The van der Waals surface area contributed by atoms with Gasteiger partial charge in [-0.3, -0.25) is 4.79 Å². The maximum atomic E-state index is 11.6. The number of benzene rings is 1. The molecule has 1 amide bonds. The third-order valence-electron chi connectivity index (χ3n) is 4.13. The van der Waals surface area contributed by atoms with Crippen LogP contribution in [0.25, 0.3) is 0 Å². The number of amides is 1. The zero-order valence-corrected chi connectivity index (χ0v) is 11.5. The second-order valence-electron chi connectivity index (χ2n) is 5.69. The smallest absolute Gasteiger partial charge is 0.224 e. The van der Waals surface area contributed by atoms with Crippen molar-refractivity contribution in [3.8, 4) is 0 Å². The van der Waals surface area contributed by atoms with Gasteiger partial charge in [-0.25, -0.2) is 0 Å². The van der Waals surface area contributed by atoms with Crippen LogP contribution in [0.1, 0.15) is 49.8 Å². The summed E-state index contributed by atoms with van der Waals surface area (Å²) in [5, 5.41) is 6.61. The van der Waals surface area contributed by atoms with Crippen LogP contribution in [0.3, 0.4) is 0 Å². The summed E-state index contributed by atoms with van der Waals surface area (Å²) in [7, 11) is 0. The van der Waals surface area contributed by atoms with E-state index in [4.69, 9.17) is 0 Å². The Hall–Kier alpha value is -1.35. The fourth-order valence-electron chi connectivity index (χ4n) is 2.99. The van der Waals surface area contributed by atoms with E-state index >= 15 is 0 Å². The number of hydrogen-bond donors (Lipinski definition) is 2. The minimum absolute atomic E-state index is 0.150. The maximum Gasteiger partial charge on any atom is 0.224 e.